The van der Waals surface area contributed by atoms with Crippen LogP contribution in [-0.4, -0.2) is 46.7 Å². The predicted octanol–water partition coefficient (Wildman–Crippen LogP) is 2.79. The molecule has 7 heteroatoms. The van der Waals surface area contributed by atoms with Gasteiger partial charge in [-0.05, 0) is 50.0 Å². The number of hydrogen-bond donors (Lipinski definition) is 2. The molecular formula is C24H28N4O3. The van der Waals surface area contributed by atoms with Crippen molar-refractivity contribution in [2.75, 3.05) is 18.4 Å². The molecule has 1 aromatic carbocycles. The van der Waals surface area contributed by atoms with E-state index in [1.807, 2.05) is 43.3 Å². The van der Waals surface area contributed by atoms with Gasteiger partial charge in [-0.25, -0.2) is 4.98 Å². The van der Waals surface area contributed by atoms with E-state index in [1.54, 1.807) is 30.2 Å². The number of nitrogens with one attached hydrogen (secondary N) is 2. The Hall–Kier alpha value is -3.48. The molecule has 1 aromatic heterocycles. The van der Waals surface area contributed by atoms with Crippen LogP contribution in [0, 0.1) is 12.8 Å². The van der Waals surface area contributed by atoms with Gasteiger partial charge in [0.25, 0.3) is 0 Å². The number of aryl methyl sites for hydroxylation is 1. The number of benzene rings is 1. The molecule has 31 heavy (non-hydrogen) atoms. The molecule has 1 saturated heterocycles. The Bertz CT molecular complexity index is 933. The van der Waals surface area contributed by atoms with Crippen LogP contribution in [-0.2, 0) is 14.4 Å². The van der Waals surface area contributed by atoms with Crippen LogP contribution in [0.2, 0.25) is 0 Å². The van der Waals surface area contributed by atoms with Gasteiger partial charge in [-0.2, -0.15) is 0 Å². The number of aromatic nitrogens is 1. The number of carbonyl (C=O) groups excluding carboxylic acids is 3. The third-order valence-electron chi connectivity index (χ3n) is 5.30. The molecule has 2 heterocycles. The van der Waals surface area contributed by atoms with Crippen LogP contribution in [0.25, 0.3) is 6.08 Å². The first-order chi connectivity index (χ1) is 14.9. The van der Waals surface area contributed by atoms with Gasteiger partial charge in [-0.3, -0.25) is 14.4 Å². The van der Waals surface area contributed by atoms with Crippen LogP contribution in [0.3, 0.4) is 0 Å². The first-order valence-electron chi connectivity index (χ1n) is 10.5. The monoisotopic (exact) mass is 420 g/mol. The molecule has 1 atom stereocenters. The average molecular weight is 421 g/mol. The number of hydrogen-bond acceptors (Lipinski definition) is 4. The molecule has 0 saturated carbocycles. The van der Waals surface area contributed by atoms with E-state index in [-0.39, 0.29) is 23.6 Å². The molecule has 0 spiro atoms. The van der Waals surface area contributed by atoms with Gasteiger partial charge in [0.05, 0.1) is 0 Å². The molecule has 3 amide bonds. The van der Waals surface area contributed by atoms with Crippen molar-refractivity contribution in [2.24, 2.45) is 5.92 Å². The van der Waals surface area contributed by atoms with Crippen molar-refractivity contribution < 1.29 is 14.4 Å². The molecule has 7 nitrogen and oxygen atoms in total. The van der Waals surface area contributed by atoms with Crippen LogP contribution < -0.4 is 10.6 Å². The minimum absolute atomic E-state index is 0.0733. The largest absolute Gasteiger partial charge is 0.341 e. The Labute approximate surface area is 182 Å². The molecule has 1 aliphatic rings. The van der Waals surface area contributed by atoms with Crippen molar-refractivity contribution >= 4 is 29.6 Å². The molecule has 2 N–H and O–H groups in total. The summed E-state index contributed by atoms with van der Waals surface area (Å²) in [6.45, 7) is 4.59. The fraction of sp³-hybridized carbons (Fsp3) is 0.333. The molecule has 0 bridgehead atoms. The first kappa shape index (κ1) is 22.2. The second-order valence-corrected chi connectivity index (χ2v) is 7.78. The molecule has 1 aliphatic heterocycles. The number of rotatable bonds is 6. The lowest BCUT2D eigenvalue weighted by atomic mass is 9.95. The summed E-state index contributed by atoms with van der Waals surface area (Å²) in [6.07, 6.45) is 6.01. The zero-order valence-corrected chi connectivity index (χ0v) is 17.9. The quantitative estimate of drug-likeness (QED) is 0.703. The Balaban J connectivity index is 1.44. The van der Waals surface area contributed by atoms with Crippen LogP contribution in [0.1, 0.15) is 30.9 Å². The normalized spacial score (nSPS) is 15.5. The third-order valence-corrected chi connectivity index (χ3v) is 5.30. The maximum absolute atomic E-state index is 12.7. The summed E-state index contributed by atoms with van der Waals surface area (Å²) in [5.41, 5.74) is 1.94. The molecule has 0 radical (unpaired) electrons. The number of anilines is 1. The summed E-state index contributed by atoms with van der Waals surface area (Å²) in [6, 6.07) is 12.5. The highest BCUT2D eigenvalue weighted by Crippen LogP contribution is 2.20. The second kappa shape index (κ2) is 10.5. The molecule has 1 unspecified atom stereocenters. The number of piperidine rings is 1. The lowest BCUT2D eigenvalue weighted by Gasteiger charge is -2.33. The zero-order chi connectivity index (χ0) is 22.2. The van der Waals surface area contributed by atoms with E-state index in [4.69, 9.17) is 0 Å². The van der Waals surface area contributed by atoms with Crippen molar-refractivity contribution in [1.29, 1.82) is 0 Å². The second-order valence-electron chi connectivity index (χ2n) is 7.78. The summed E-state index contributed by atoms with van der Waals surface area (Å²) in [5.74, 6) is -0.152. The highest BCUT2D eigenvalue weighted by atomic mass is 16.2. The summed E-state index contributed by atoms with van der Waals surface area (Å²) in [5, 5.41) is 5.56. The molecule has 1 fully saturated rings. The van der Waals surface area contributed by atoms with Gasteiger partial charge in [-0.15, -0.1) is 0 Å². The van der Waals surface area contributed by atoms with Crippen molar-refractivity contribution in [3.05, 3.63) is 65.9 Å². The standard InChI is InChI=1S/C24H28N4O3/c1-17-8-10-21(25-16-17)27-23(30)20-12-14-28(15-13-20)24(31)18(2)26-22(29)11-9-19-6-4-3-5-7-19/h3-11,16,18,20H,12-15H2,1-2H3,(H,26,29)(H,25,27,30)/b11-9+. The van der Waals surface area contributed by atoms with Gasteiger partial charge in [-0.1, -0.05) is 36.4 Å². The van der Waals surface area contributed by atoms with Crippen LogP contribution in [0.4, 0.5) is 5.82 Å². The number of carbonyl (C=O) groups is 3. The molecular weight excluding hydrogens is 392 g/mol. The Kier molecular flexibility index (Phi) is 7.54. The van der Waals surface area contributed by atoms with Gasteiger partial charge >= 0.3 is 0 Å². The predicted molar refractivity (Wildman–Crippen MR) is 120 cm³/mol. The number of nitrogens with zero attached hydrogens (tertiary/aromatic N) is 2. The summed E-state index contributed by atoms with van der Waals surface area (Å²) < 4.78 is 0. The van der Waals surface area contributed by atoms with E-state index in [2.05, 4.69) is 15.6 Å². The van der Waals surface area contributed by atoms with Gasteiger partial charge in [0, 0.05) is 31.3 Å². The highest BCUT2D eigenvalue weighted by Gasteiger charge is 2.29. The summed E-state index contributed by atoms with van der Waals surface area (Å²) in [4.78, 5) is 43.2. The fourth-order valence-corrected chi connectivity index (χ4v) is 3.47. The smallest absolute Gasteiger partial charge is 0.244 e. The van der Waals surface area contributed by atoms with E-state index in [9.17, 15) is 14.4 Å². The molecule has 162 valence electrons. The van der Waals surface area contributed by atoms with Crippen LogP contribution >= 0.6 is 0 Å². The Morgan fingerprint density at radius 1 is 1.10 bits per heavy atom. The maximum atomic E-state index is 12.7. The Morgan fingerprint density at radius 2 is 1.81 bits per heavy atom. The van der Waals surface area contributed by atoms with Gasteiger partial charge < -0.3 is 15.5 Å². The summed E-state index contributed by atoms with van der Waals surface area (Å²) in [7, 11) is 0. The highest BCUT2D eigenvalue weighted by molar-refractivity contribution is 5.95. The van der Waals surface area contributed by atoms with E-state index in [1.165, 1.54) is 6.08 Å². The number of pyridine rings is 1. The van der Waals surface area contributed by atoms with Crippen LogP contribution in [0.5, 0.6) is 0 Å². The van der Waals surface area contributed by atoms with E-state index in [0.717, 1.165) is 11.1 Å². The van der Waals surface area contributed by atoms with Crippen molar-refractivity contribution in [3.63, 3.8) is 0 Å². The van der Waals surface area contributed by atoms with Gasteiger partial charge in [0.15, 0.2) is 0 Å². The van der Waals surface area contributed by atoms with Crippen molar-refractivity contribution in [1.82, 2.24) is 15.2 Å². The third kappa shape index (κ3) is 6.50. The van der Waals surface area contributed by atoms with E-state index < -0.39 is 6.04 Å². The molecule has 2 aromatic rings. The molecule has 3 rings (SSSR count). The van der Waals surface area contributed by atoms with Gasteiger partial charge in [0.1, 0.15) is 11.9 Å². The minimum atomic E-state index is -0.630. The average Bonchev–Trinajstić information content (AvgIpc) is 2.79. The van der Waals surface area contributed by atoms with Crippen LogP contribution in [0.15, 0.2) is 54.7 Å². The van der Waals surface area contributed by atoms with E-state index in [0.29, 0.717) is 31.7 Å². The maximum Gasteiger partial charge on any atom is 0.244 e. The minimum Gasteiger partial charge on any atom is -0.341 e. The van der Waals surface area contributed by atoms with Crippen molar-refractivity contribution in [3.8, 4) is 0 Å². The van der Waals surface area contributed by atoms with Gasteiger partial charge in [0.2, 0.25) is 17.7 Å². The van der Waals surface area contributed by atoms with Crippen molar-refractivity contribution in [2.45, 2.75) is 32.7 Å². The Morgan fingerprint density at radius 3 is 2.45 bits per heavy atom. The first-order valence-corrected chi connectivity index (χ1v) is 10.5. The topological polar surface area (TPSA) is 91.4 Å². The fourth-order valence-electron chi connectivity index (χ4n) is 3.47. The SMILES string of the molecule is Cc1ccc(NC(=O)C2CCN(C(=O)C(C)NC(=O)/C=C/c3ccccc3)CC2)nc1. The summed E-state index contributed by atoms with van der Waals surface area (Å²) >= 11 is 0. The molecule has 0 aliphatic carbocycles. The number of likely N-dealkylation sites (tertiary alicyclic amines) is 1. The van der Waals surface area contributed by atoms with E-state index >= 15 is 0 Å². The zero-order valence-electron chi connectivity index (χ0n) is 17.9. The lowest BCUT2D eigenvalue weighted by Crippen LogP contribution is -2.50. The lowest BCUT2D eigenvalue weighted by molar-refractivity contribution is -0.137. The number of amides is 3.